The molecule has 0 radical (unpaired) electrons. The Morgan fingerprint density at radius 3 is 2.10 bits per heavy atom. The Morgan fingerprint density at radius 2 is 1.55 bits per heavy atom. The fourth-order valence-corrected chi connectivity index (χ4v) is 2.21. The SMILES string of the molecule is CCCCN(c1ccccc1)c1ccc(C(C)=O)cc1. The molecule has 0 aliphatic carbocycles. The summed E-state index contributed by atoms with van der Waals surface area (Å²) in [6.07, 6.45) is 2.30. The molecule has 0 amide bonds. The second-order valence-corrected chi connectivity index (χ2v) is 4.94. The maximum absolute atomic E-state index is 11.4. The molecular formula is C18H21NO. The number of hydrogen-bond acceptors (Lipinski definition) is 2. The van der Waals surface area contributed by atoms with E-state index in [4.69, 9.17) is 0 Å². The van der Waals surface area contributed by atoms with Crippen LogP contribution in [0.2, 0.25) is 0 Å². The summed E-state index contributed by atoms with van der Waals surface area (Å²) >= 11 is 0. The number of para-hydroxylation sites is 1. The summed E-state index contributed by atoms with van der Waals surface area (Å²) in [7, 11) is 0. The van der Waals surface area contributed by atoms with E-state index in [9.17, 15) is 4.79 Å². The number of Topliss-reactive ketones (excluding diaryl/α,β-unsaturated/α-hetero) is 1. The molecule has 0 fully saturated rings. The number of carbonyl (C=O) groups is 1. The van der Waals surface area contributed by atoms with Crippen LogP contribution in [0.5, 0.6) is 0 Å². The van der Waals surface area contributed by atoms with E-state index in [2.05, 4.69) is 36.1 Å². The smallest absolute Gasteiger partial charge is 0.159 e. The number of nitrogens with zero attached hydrogens (tertiary/aromatic N) is 1. The van der Waals surface area contributed by atoms with E-state index in [-0.39, 0.29) is 5.78 Å². The molecule has 2 heteroatoms. The summed E-state index contributed by atoms with van der Waals surface area (Å²) in [6.45, 7) is 4.78. The number of rotatable bonds is 6. The van der Waals surface area contributed by atoms with Crippen LogP contribution in [0.25, 0.3) is 0 Å². The van der Waals surface area contributed by atoms with Gasteiger partial charge in [0.05, 0.1) is 0 Å². The lowest BCUT2D eigenvalue weighted by molar-refractivity contribution is 0.101. The summed E-state index contributed by atoms with van der Waals surface area (Å²) in [4.78, 5) is 13.7. The number of anilines is 2. The van der Waals surface area contributed by atoms with Gasteiger partial charge in [-0.2, -0.15) is 0 Å². The number of benzene rings is 2. The van der Waals surface area contributed by atoms with Crippen molar-refractivity contribution in [3.63, 3.8) is 0 Å². The molecular weight excluding hydrogens is 246 g/mol. The molecule has 2 nitrogen and oxygen atoms in total. The summed E-state index contributed by atoms with van der Waals surface area (Å²) < 4.78 is 0. The molecule has 0 aromatic heterocycles. The monoisotopic (exact) mass is 267 g/mol. The molecule has 0 unspecified atom stereocenters. The lowest BCUT2D eigenvalue weighted by Gasteiger charge is -2.25. The fraction of sp³-hybridized carbons (Fsp3) is 0.278. The zero-order chi connectivity index (χ0) is 14.4. The van der Waals surface area contributed by atoms with E-state index in [1.165, 1.54) is 5.69 Å². The fourth-order valence-electron chi connectivity index (χ4n) is 2.21. The van der Waals surface area contributed by atoms with E-state index in [1.807, 2.05) is 30.3 Å². The Kier molecular flexibility index (Phi) is 4.94. The van der Waals surface area contributed by atoms with Crippen molar-refractivity contribution in [1.82, 2.24) is 0 Å². The summed E-state index contributed by atoms with van der Waals surface area (Å²) in [6, 6.07) is 18.2. The second-order valence-electron chi connectivity index (χ2n) is 4.94. The van der Waals surface area contributed by atoms with Gasteiger partial charge in [-0.15, -0.1) is 0 Å². The molecule has 2 aromatic rings. The van der Waals surface area contributed by atoms with Gasteiger partial charge in [0.25, 0.3) is 0 Å². The van der Waals surface area contributed by atoms with Gasteiger partial charge in [0, 0.05) is 23.5 Å². The topological polar surface area (TPSA) is 20.3 Å². The Morgan fingerprint density at radius 1 is 0.950 bits per heavy atom. The first-order valence-electron chi connectivity index (χ1n) is 7.16. The molecule has 0 N–H and O–H groups in total. The maximum atomic E-state index is 11.4. The molecule has 0 aliphatic heterocycles. The lowest BCUT2D eigenvalue weighted by Crippen LogP contribution is -2.18. The molecule has 0 saturated carbocycles. The number of ketones is 1. The highest BCUT2D eigenvalue weighted by atomic mass is 16.1. The van der Waals surface area contributed by atoms with Crippen LogP contribution in [0.1, 0.15) is 37.0 Å². The van der Waals surface area contributed by atoms with E-state index in [1.54, 1.807) is 6.92 Å². The van der Waals surface area contributed by atoms with Crippen LogP contribution < -0.4 is 4.90 Å². The Labute approximate surface area is 121 Å². The predicted molar refractivity (Wildman–Crippen MR) is 84.8 cm³/mol. The molecule has 0 bridgehead atoms. The number of carbonyl (C=O) groups excluding carboxylic acids is 1. The first-order valence-corrected chi connectivity index (χ1v) is 7.16. The van der Waals surface area contributed by atoms with Crippen molar-refractivity contribution < 1.29 is 4.79 Å². The third kappa shape index (κ3) is 3.47. The summed E-state index contributed by atoms with van der Waals surface area (Å²) in [5.41, 5.74) is 3.09. The van der Waals surface area contributed by atoms with Crippen molar-refractivity contribution in [1.29, 1.82) is 0 Å². The van der Waals surface area contributed by atoms with Gasteiger partial charge in [0.15, 0.2) is 5.78 Å². The quantitative estimate of drug-likeness (QED) is 0.699. The van der Waals surface area contributed by atoms with Gasteiger partial charge in [0.1, 0.15) is 0 Å². The van der Waals surface area contributed by atoms with Gasteiger partial charge in [-0.25, -0.2) is 0 Å². The van der Waals surface area contributed by atoms with Crippen LogP contribution in [0, 0.1) is 0 Å². The average molecular weight is 267 g/mol. The molecule has 104 valence electrons. The van der Waals surface area contributed by atoms with Crippen molar-refractivity contribution >= 4 is 17.2 Å². The van der Waals surface area contributed by atoms with Crippen molar-refractivity contribution in [2.75, 3.05) is 11.4 Å². The standard InChI is InChI=1S/C18H21NO/c1-3-4-14-19(17-8-6-5-7-9-17)18-12-10-16(11-13-18)15(2)20/h5-13H,3-4,14H2,1-2H3. The van der Waals surface area contributed by atoms with Gasteiger partial charge in [-0.3, -0.25) is 4.79 Å². The highest BCUT2D eigenvalue weighted by Crippen LogP contribution is 2.26. The minimum Gasteiger partial charge on any atom is -0.341 e. The van der Waals surface area contributed by atoms with E-state index >= 15 is 0 Å². The average Bonchev–Trinajstić information content (AvgIpc) is 2.49. The molecule has 0 saturated heterocycles. The Hall–Kier alpha value is -2.09. The zero-order valence-corrected chi connectivity index (χ0v) is 12.2. The largest absolute Gasteiger partial charge is 0.341 e. The van der Waals surface area contributed by atoms with Crippen molar-refractivity contribution in [3.8, 4) is 0 Å². The van der Waals surface area contributed by atoms with Crippen LogP contribution in [0.4, 0.5) is 11.4 Å². The minimum atomic E-state index is 0.108. The highest BCUT2D eigenvalue weighted by molar-refractivity contribution is 5.94. The van der Waals surface area contributed by atoms with Gasteiger partial charge >= 0.3 is 0 Å². The summed E-state index contributed by atoms with van der Waals surface area (Å²) in [5.74, 6) is 0.108. The molecule has 2 rings (SSSR count). The molecule has 0 atom stereocenters. The predicted octanol–water partition coefficient (Wildman–Crippen LogP) is 4.83. The molecule has 2 aromatic carbocycles. The van der Waals surface area contributed by atoms with Crippen LogP contribution in [0.15, 0.2) is 54.6 Å². The maximum Gasteiger partial charge on any atom is 0.159 e. The van der Waals surface area contributed by atoms with Crippen molar-refractivity contribution in [2.45, 2.75) is 26.7 Å². The molecule has 0 aliphatic rings. The van der Waals surface area contributed by atoms with Gasteiger partial charge in [-0.05, 0) is 49.7 Å². The van der Waals surface area contributed by atoms with Crippen LogP contribution >= 0.6 is 0 Å². The van der Waals surface area contributed by atoms with E-state index in [0.29, 0.717) is 0 Å². The number of hydrogen-bond donors (Lipinski definition) is 0. The highest BCUT2D eigenvalue weighted by Gasteiger charge is 2.09. The second kappa shape index (κ2) is 6.90. The van der Waals surface area contributed by atoms with Gasteiger partial charge in [-0.1, -0.05) is 31.5 Å². The first kappa shape index (κ1) is 14.3. The van der Waals surface area contributed by atoms with Gasteiger partial charge < -0.3 is 4.90 Å². The first-order chi connectivity index (χ1) is 9.72. The van der Waals surface area contributed by atoms with Crippen molar-refractivity contribution in [3.05, 3.63) is 60.2 Å². The Bertz CT molecular complexity index is 545. The molecule has 20 heavy (non-hydrogen) atoms. The zero-order valence-electron chi connectivity index (χ0n) is 12.2. The lowest BCUT2D eigenvalue weighted by atomic mass is 10.1. The van der Waals surface area contributed by atoms with Crippen LogP contribution in [-0.4, -0.2) is 12.3 Å². The van der Waals surface area contributed by atoms with E-state index < -0.39 is 0 Å². The third-order valence-corrected chi connectivity index (χ3v) is 3.39. The van der Waals surface area contributed by atoms with Crippen LogP contribution in [-0.2, 0) is 0 Å². The minimum absolute atomic E-state index is 0.108. The number of unbranched alkanes of at least 4 members (excludes halogenated alkanes) is 1. The third-order valence-electron chi connectivity index (χ3n) is 3.39. The Balaban J connectivity index is 2.28. The summed E-state index contributed by atoms with van der Waals surface area (Å²) in [5, 5.41) is 0. The van der Waals surface area contributed by atoms with Gasteiger partial charge in [0.2, 0.25) is 0 Å². The van der Waals surface area contributed by atoms with Crippen molar-refractivity contribution in [2.24, 2.45) is 0 Å². The van der Waals surface area contributed by atoms with E-state index in [0.717, 1.165) is 30.6 Å². The molecule has 0 spiro atoms. The molecule has 0 heterocycles. The van der Waals surface area contributed by atoms with Crippen LogP contribution in [0.3, 0.4) is 0 Å². The normalized spacial score (nSPS) is 10.3.